The van der Waals surface area contributed by atoms with Crippen molar-refractivity contribution in [2.45, 2.75) is 12.0 Å². The summed E-state index contributed by atoms with van der Waals surface area (Å²) in [5.41, 5.74) is 4.66. The van der Waals surface area contributed by atoms with Gasteiger partial charge >= 0.3 is 12.1 Å². The van der Waals surface area contributed by atoms with Gasteiger partial charge in [0.1, 0.15) is 6.61 Å². The molecule has 5 nitrogen and oxygen atoms in total. The van der Waals surface area contributed by atoms with Crippen LogP contribution in [0.15, 0.2) is 71.2 Å². The largest absolute Gasteiger partial charge is 0.479 e. The maximum atomic E-state index is 12.5. The standard InChI is InChI=1S/C23H17BrClNO4/c24-13-9-10-20(25)18(11-13)21(22(27)28)26-23(29)30-12-19-16-7-3-1-5-14(16)15-6-2-4-8-17(15)19/h1-11,19,21H,12H2,(H,26,29)(H,27,28). The SMILES string of the molecule is O=C(NC(C(=O)O)c1cc(Br)ccc1Cl)OCC1c2ccccc2-c2ccccc21. The first-order chi connectivity index (χ1) is 14.5. The molecule has 0 fully saturated rings. The summed E-state index contributed by atoms with van der Waals surface area (Å²) in [7, 11) is 0. The highest BCUT2D eigenvalue weighted by molar-refractivity contribution is 9.10. The summed E-state index contributed by atoms with van der Waals surface area (Å²) >= 11 is 9.43. The number of halogens is 2. The number of aliphatic carboxylic acids is 1. The smallest absolute Gasteiger partial charge is 0.408 e. The molecule has 1 aliphatic carbocycles. The van der Waals surface area contributed by atoms with Crippen LogP contribution in [0.4, 0.5) is 4.79 Å². The molecule has 0 bridgehead atoms. The van der Waals surface area contributed by atoms with Crippen LogP contribution in [-0.4, -0.2) is 23.8 Å². The lowest BCUT2D eigenvalue weighted by Gasteiger charge is -2.18. The lowest BCUT2D eigenvalue weighted by atomic mass is 9.98. The molecular formula is C23H17BrClNO4. The predicted molar refractivity (Wildman–Crippen MR) is 118 cm³/mol. The Hall–Kier alpha value is -2.83. The third kappa shape index (κ3) is 3.93. The molecule has 1 amide bonds. The maximum absolute atomic E-state index is 12.5. The number of alkyl carbamates (subject to hydrolysis) is 1. The molecule has 2 N–H and O–H groups in total. The normalized spacial score (nSPS) is 13.3. The second-order valence-corrected chi connectivity index (χ2v) is 8.23. The summed E-state index contributed by atoms with van der Waals surface area (Å²) in [6, 6.07) is 19.5. The van der Waals surface area contributed by atoms with E-state index in [4.69, 9.17) is 16.3 Å². The number of amides is 1. The minimum absolute atomic E-state index is 0.0957. The number of carboxylic acid groups (broad SMARTS) is 1. The zero-order valence-corrected chi connectivity index (χ0v) is 18.0. The first-order valence-corrected chi connectivity index (χ1v) is 10.4. The summed E-state index contributed by atoms with van der Waals surface area (Å²) in [5, 5.41) is 12.2. The monoisotopic (exact) mass is 485 g/mol. The van der Waals surface area contributed by atoms with Crippen LogP contribution in [0.5, 0.6) is 0 Å². The second-order valence-electron chi connectivity index (χ2n) is 6.91. The quantitative estimate of drug-likeness (QED) is 0.480. The Morgan fingerprint density at radius 1 is 1.03 bits per heavy atom. The van der Waals surface area contributed by atoms with Gasteiger partial charge in [-0.25, -0.2) is 9.59 Å². The Labute approximate surface area is 186 Å². The number of rotatable bonds is 5. The summed E-state index contributed by atoms with van der Waals surface area (Å²) in [5.74, 6) is -1.34. The van der Waals surface area contributed by atoms with Crippen LogP contribution in [0.25, 0.3) is 11.1 Å². The van der Waals surface area contributed by atoms with Crippen LogP contribution in [0.1, 0.15) is 28.7 Å². The van der Waals surface area contributed by atoms with E-state index in [1.807, 2.05) is 48.5 Å². The minimum atomic E-state index is -1.33. The molecule has 1 atom stereocenters. The van der Waals surface area contributed by atoms with E-state index in [1.165, 1.54) is 0 Å². The molecular weight excluding hydrogens is 470 g/mol. The number of carbonyl (C=O) groups is 2. The molecule has 1 aliphatic rings. The highest BCUT2D eigenvalue weighted by Crippen LogP contribution is 2.44. The maximum Gasteiger partial charge on any atom is 0.408 e. The Morgan fingerprint density at radius 2 is 1.63 bits per heavy atom. The predicted octanol–water partition coefficient (Wildman–Crippen LogP) is 5.77. The van der Waals surface area contributed by atoms with Crippen molar-refractivity contribution in [3.05, 3.63) is 92.9 Å². The fourth-order valence-electron chi connectivity index (χ4n) is 3.77. The number of ether oxygens (including phenoxy) is 1. The van der Waals surface area contributed by atoms with Crippen molar-refractivity contribution in [2.24, 2.45) is 0 Å². The number of carboxylic acids is 1. The van der Waals surface area contributed by atoms with E-state index in [0.29, 0.717) is 4.47 Å². The van der Waals surface area contributed by atoms with Crippen LogP contribution in [0.3, 0.4) is 0 Å². The Morgan fingerprint density at radius 3 is 2.23 bits per heavy atom. The Bertz CT molecular complexity index is 1090. The van der Waals surface area contributed by atoms with Crippen LogP contribution in [0, 0.1) is 0 Å². The van der Waals surface area contributed by atoms with E-state index >= 15 is 0 Å². The summed E-state index contributed by atoms with van der Waals surface area (Å²) in [6.45, 7) is 0.0957. The van der Waals surface area contributed by atoms with E-state index in [0.717, 1.165) is 22.3 Å². The van der Waals surface area contributed by atoms with Gasteiger partial charge in [0.25, 0.3) is 0 Å². The van der Waals surface area contributed by atoms with Crippen molar-refractivity contribution < 1.29 is 19.4 Å². The lowest BCUT2D eigenvalue weighted by molar-refractivity contribution is -0.139. The number of hydrogen-bond donors (Lipinski definition) is 2. The third-order valence-corrected chi connectivity index (χ3v) is 5.96. The van der Waals surface area contributed by atoms with Crippen molar-refractivity contribution in [3.63, 3.8) is 0 Å². The minimum Gasteiger partial charge on any atom is -0.479 e. The summed E-state index contributed by atoms with van der Waals surface area (Å²) in [4.78, 5) is 24.2. The van der Waals surface area contributed by atoms with Gasteiger partial charge in [-0.15, -0.1) is 0 Å². The molecule has 152 valence electrons. The topological polar surface area (TPSA) is 75.6 Å². The van der Waals surface area contributed by atoms with Gasteiger partial charge in [0.15, 0.2) is 6.04 Å². The molecule has 30 heavy (non-hydrogen) atoms. The van der Waals surface area contributed by atoms with Gasteiger partial charge in [-0.2, -0.15) is 0 Å². The van der Waals surface area contributed by atoms with Gasteiger partial charge in [-0.1, -0.05) is 76.1 Å². The first-order valence-electron chi connectivity index (χ1n) is 9.25. The fourth-order valence-corrected chi connectivity index (χ4v) is 4.37. The fraction of sp³-hybridized carbons (Fsp3) is 0.130. The Kier molecular flexibility index (Phi) is 5.79. The van der Waals surface area contributed by atoms with Crippen molar-refractivity contribution in [1.29, 1.82) is 0 Å². The zero-order valence-electron chi connectivity index (χ0n) is 15.6. The van der Waals surface area contributed by atoms with Gasteiger partial charge in [-0.3, -0.25) is 0 Å². The van der Waals surface area contributed by atoms with E-state index in [2.05, 4.69) is 21.2 Å². The molecule has 0 saturated carbocycles. The van der Waals surface area contributed by atoms with Crippen LogP contribution in [0.2, 0.25) is 5.02 Å². The van der Waals surface area contributed by atoms with Gasteiger partial charge in [-0.05, 0) is 40.5 Å². The molecule has 0 spiro atoms. The van der Waals surface area contributed by atoms with Gasteiger partial charge in [0.2, 0.25) is 0 Å². The number of nitrogens with one attached hydrogen (secondary N) is 1. The molecule has 0 radical (unpaired) electrons. The molecule has 3 aromatic rings. The van der Waals surface area contributed by atoms with Crippen molar-refractivity contribution >= 4 is 39.6 Å². The average molecular weight is 487 g/mol. The summed E-state index contributed by atoms with van der Waals surface area (Å²) < 4.78 is 6.10. The molecule has 0 heterocycles. The number of hydrogen-bond acceptors (Lipinski definition) is 3. The molecule has 0 aromatic heterocycles. The average Bonchev–Trinajstić information content (AvgIpc) is 3.06. The van der Waals surface area contributed by atoms with Gasteiger partial charge < -0.3 is 15.2 Å². The van der Waals surface area contributed by atoms with Crippen molar-refractivity contribution in [2.75, 3.05) is 6.61 Å². The van der Waals surface area contributed by atoms with Crippen LogP contribution < -0.4 is 5.32 Å². The van der Waals surface area contributed by atoms with E-state index in [1.54, 1.807) is 18.2 Å². The second kappa shape index (κ2) is 8.50. The van der Waals surface area contributed by atoms with Gasteiger partial charge in [0.05, 0.1) is 0 Å². The van der Waals surface area contributed by atoms with E-state index < -0.39 is 18.1 Å². The molecule has 1 unspecified atom stereocenters. The van der Waals surface area contributed by atoms with Crippen molar-refractivity contribution in [1.82, 2.24) is 5.32 Å². The third-order valence-electron chi connectivity index (χ3n) is 5.12. The molecule has 4 rings (SSSR count). The number of fused-ring (bicyclic) bond motifs is 3. The van der Waals surface area contributed by atoms with Crippen LogP contribution >= 0.6 is 27.5 Å². The number of benzene rings is 3. The molecule has 7 heteroatoms. The van der Waals surface area contributed by atoms with E-state index in [-0.39, 0.29) is 23.1 Å². The molecule has 0 aliphatic heterocycles. The highest BCUT2D eigenvalue weighted by Gasteiger charge is 2.30. The van der Waals surface area contributed by atoms with Gasteiger partial charge in [0, 0.05) is 21.0 Å². The molecule has 0 saturated heterocycles. The summed E-state index contributed by atoms with van der Waals surface area (Å²) in [6.07, 6.45) is -0.819. The molecule has 3 aromatic carbocycles. The Balaban J connectivity index is 1.51. The van der Waals surface area contributed by atoms with Crippen LogP contribution in [-0.2, 0) is 9.53 Å². The number of carbonyl (C=O) groups excluding carboxylic acids is 1. The highest BCUT2D eigenvalue weighted by atomic mass is 79.9. The zero-order chi connectivity index (χ0) is 21.3. The van der Waals surface area contributed by atoms with E-state index in [9.17, 15) is 14.7 Å². The lowest BCUT2D eigenvalue weighted by Crippen LogP contribution is -2.35. The first kappa shape index (κ1) is 20.4. The van der Waals surface area contributed by atoms with Crippen molar-refractivity contribution in [3.8, 4) is 11.1 Å².